The average Bonchev–Trinajstić information content (AvgIpc) is 2.29. The summed E-state index contributed by atoms with van der Waals surface area (Å²) in [6.07, 6.45) is 5.37. The van der Waals surface area contributed by atoms with E-state index in [4.69, 9.17) is 0 Å². The molecule has 0 nitrogen and oxygen atoms in total. The molecule has 0 N–H and O–H groups in total. The third kappa shape index (κ3) is 5.55. The Labute approximate surface area is 122 Å². The minimum absolute atomic E-state index is 0.386. The van der Waals surface area contributed by atoms with E-state index in [-0.39, 0.29) is 0 Å². The van der Waals surface area contributed by atoms with Crippen molar-refractivity contribution in [3.05, 3.63) is 0 Å². The number of rotatable bonds is 9. The Morgan fingerprint density at radius 2 is 1.50 bits per heavy atom. The van der Waals surface area contributed by atoms with Gasteiger partial charge in [0.25, 0.3) is 0 Å². The van der Waals surface area contributed by atoms with Crippen molar-refractivity contribution in [3.8, 4) is 0 Å². The summed E-state index contributed by atoms with van der Waals surface area (Å²) < 4.78 is 0. The molecule has 0 saturated heterocycles. The molecule has 0 spiro atoms. The third-order valence-corrected chi connectivity index (χ3v) is 5.85. The molecule has 0 fully saturated rings. The zero-order valence-electron chi connectivity index (χ0n) is 13.8. The van der Waals surface area contributed by atoms with Crippen LogP contribution in [0.3, 0.4) is 0 Å². The molecule has 110 valence electrons. The van der Waals surface area contributed by atoms with Crippen LogP contribution in [0.1, 0.15) is 74.1 Å². The highest BCUT2D eigenvalue weighted by atomic mass is 32.1. The van der Waals surface area contributed by atoms with Crippen molar-refractivity contribution in [3.63, 3.8) is 0 Å². The predicted octanol–water partition coefficient (Wildman–Crippen LogP) is 6.07. The van der Waals surface area contributed by atoms with E-state index in [1.54, 1.807) is 0 Å². The molecule has 0 rings (SSSR count). The first-order valence-electron chi connectivity index (χ1n) is 7.90. The van der Waals surface area contributed by atoms with E-state index < -0.39 is 0 Å². The van der Waals surface area contributed by atoms with Crippen LogP contribution in [0.5, 0.6) is 0 Å². The van der Waals surface area contributed by atoms with Gasteiger partial charge in [0.1, 0.15) is 0 Å². The molecule has 0 radical (unpaired) electrons. The Morgan fingerprint density at radius 1 is 0.944 bits per heavy atom. The molecule has 0 aliphatic carbocycles. The van der Waals surface area contributed by atoms with Gasteiger partial charge in [-0.15, -0.1) is 0 Å². The first-order valence-corrected chi connectivity index (χ1v) is 8.54. The van der Waals surface area contributed by atoms with Crippen LogP contribution in [0.15, 0.2) is 0 Å². The van der Waals surface area contributed by atoms with Crippen molar-refractivity contribution >= 4 is 12.6 Å². The molecule has 1 heteroatoms. The largest absolute Gasteiger partial charge is 0.179 e. The second kappa shape index (κ2) is 8.51. The second-order valence-corrected chi connectivity index (χ2v) is 7.44. The lowest BCUT2D eigenvalue weighted by molar-refractivity contribution is 0.182. The topological polar surface area (TPSA) is 0 Å². The van der Waals surface area contributed by atoms with Gasteiger partial charge < -0.3 is 0 Å². The molecule has 0 amide bonds. The van der Waals surface area contributed by atoms with Crippen molar-refractivity contribution in [2.45, 2.75) is 74.1 Å². The van der Waals surface area contributed by atoms with Crippen molar-refractivity contribution in [2.24, 2.45) is 29.1 Å². The molecule has 0 aromatic carbocycles. The Morgan fingerprint density at radius 3 is 1.83 bits per heavy atom. The van der Waals surface area contributed by atoms with Gasteiger partial charge in [0.15, 0.2) is 0 Å². The highest BCUT2D eigenvalue weighted by molar-refractivity contribution is 7.80. The van der Waals surface area contributed by atoms with Gasteiger partial charge in [-0.1, -0.05) is 67.7 Å². The van der Waals surface area contributed by atoms with E-state index in [1.165, 1.54) is 25.7 Å². The highest BCUT2D eigenvalue weighted by Crippen LogP contribution is 2.37. The molecule has 0 saturated carbocycles. The number of hydrogen-bond donors (Lipinski definition) is 1. The second-order valence-electron chi connectivity index (χ2n) is 7.12. The smallest absolute Gasteiger partial charge is 0.00438 e. The molecule has 3 unspecified atom stereocenters. The maximum absolute atomic E-state index is 4.53. The highest BCUT2D eigenvalue weighted by Gasteiger charge is 2.28. The summed E-state index contributed by atoms with van der Waals surface area (Å²) in [4.78, 5) is 0. The lowest BCUT2D eigenvalue weighted by atomic mass is 9.73. The van der Waals surface area contributed by atoms with E-state index in [0.717, 1.165) is 29.4 Å². The Hall–Kier alpha value is 0.350. The molecule has 18 heavy (non-hydrogen) atoms. The minimum Gasteiger partial charge on any atom is -0.179 e. The van der Waals surface area contributed by atoms with E-state index in [1.807, 2.05) is 0 Å². The molecular formula is C17H36S. The zero-order chi connectivity index (χ0) is 14.3. The summed E-state index contributed by atoms with van der Waals surface area (Å²) in [5, 5.41) is 0. The SMILES string of the molecule is CCC(C(C)C)C(C)CCC(CC)C(C)(C)CS. The van der Waals surface area contributed by atoms with E-state index in [2.05, 4.69) is 61.1 Å². The van der Waals surface area contributed by atoms with Crippen LogP contribution in [0.25, 0.3) is 0 Å². The number of thiol groups is 1. The van der Waals surface area contributed by atoms with Gasteiger partial charge >= 0.3 is 0 Å². The minimum atomic E-state index is 0.386. The van der Waals surface area contributed by atoms with Gasteiger partial charge in [0, 0.05) is 0 Å². The molecule has 0 heterocycles. The van der Waals surface area contributed by atoms with Crippen molar-refractivity contribution in [1.29, 1.82) is 0 Å². The van der Waals surface area contributed by atoms with Crippen molar-refractivity contribution < 1.29 is 0 Å². The van der Waals surface area contributed by atoms with Crippen molar-refractivity contribution in [1.82, 2.24) is 0 Å². The van der Waals surface area contributed by atoms with Crippen LogP contribution in [-0.4, -0.2) is 5.75 Å². The molecule has 0 aliphatic rings. The van der Waals surface area contributed by atoms with E-state index in [9.17, 15) is 0 Å². The lowest BCUT2D eigenvalue weighted by Crippen LogP contribution is -2.27. The monoisotopic (exact) mass is 272 g/mol. The molecule has 0 aliphatic heterocycles. The average molecular weight is 273 g/mol. The van der Waals surface area contributed by atoms with Crippen LogP contribution in [0.2, 0.25) is 0 Å². The Kier molecular flexibility index (Phi) is 8.67. The van der Waals surface area contributed by atoms with Crippen LogP contribution in [0, 0.1) is 29.1 Å². The van der Waals surface area contributed by atoms with Crippen LogP contribution >= 0.6 is 12.6 Å². The zero-order valence-corrected chi connectivity index (χ0v) is 14.7. The third-order valence-electron chi connectivity index (χ3n) is 5.03. The summed E-state index contributed by atoms with van der Waals surface area (Å²) in [5.74, 6) is 4.40. The Balaban J connectivity index is 4.36. The summed E-state index contributed by atoms with van der Waals surface area (Å²) >= 11 is 4.53. The van der Waals surface area contributed by atoms with Crippen molar-refractivity contribution in [2.75, 3.05) is 5.75 Å². The van der Waals surface area contributed by atoms with Crippen LogP contribution < -0.4 is 0 Å². The first-order chi connectivity index (χ1) is 8.30. The fourth-order valence-electron chi connectivity index (χ4n) is 3.49. The van der Waals surface area contributed by atoms with E-state index in [0.29, 0.717) is 5.41 Å². The summed E-state index contributed by atoms with van der Waals surface area (Å²) in [7, 11) is 0. The normalized spacial score (nSPS) is 17.8. The van der Waals surface area contributed by atoms with Gasteiger partial charge in [-0.2, -0.15) is 12.6 Å². The molecule has 0 aromatic rings. The molecule has 0 bridgehead atoms. The van der Waals surface area contributed by atoms with Crippen LogP contribution in [0.4, 0.5) is 0 Å². The molecular weight excluding hydrogens is 236 g/mol. The van der Waals surface area contributed by atoms with E-state index >= 15 is 0 Å². The first kappa shape index (κ1) is 18.4. The van der Waals surface area contributed by atoms with Gasteiger partial charge in [-0.25, -0.2) is 0 Å². The quantitative estimate of drug-likeness (QED) is 0.484. The Bertz CT molecular complexity index is 208. The van der Waals surface area contributed by atoms with Gasteiger partial charge in [-0.05, 0) is 41.3 Å². The summed E-state index contributed by atoms with van der Waals surface area (Å²) in [5.41, 5.74) is 0.386. The maximum atomic E-state index is 4.53. The fourth-order valence-corrected chi connectivity index (χ4v) is 3.74. The van der Waals surface area contributed by atoms with Crippen LogP contribution in [-0.2, 0) is 0 Å². The number of hydrogen-bond acceptors (Lipinski definition) is 1. The standard InChI is InChI=1S/C17H36S/c1-8-15(17(6,7)12-18)11-10-14(5)16(9-2)13(3)4/h13-16,18H,8-12H2,1-7H3. The van der Waals surface area contributed by atoms with Gasteiger partial charge in [0.05, 0.1) is 0 Å². The molecule has 3 atom stereocenters. The maximum Gasteiger partial charge on any atom is -0.00438 e. The van der Waals surface area contributed by atoms with Gasteiger partial charge in [0.2, 0.25) is 0 Å². The lowest BCUT2D eigenvalue weighted by Gasteiger charge is -2.34. The summed E-state index contributed by atoms with van der Waals surface area (Å²) in [6, 6.07) is 0. The molecule has 0 aromatic heterocycles. The fraction of sp³-hybridized carbons (Fsp3) is 1.00. The van der Waals surface area contributed by atoms with Gasteiger partial charge in [-0.3, -0.25) is 0 Å². The predicted molar refractivity (Wildman–Crippen MR) is 88.4 cm³/mol. The summed E-state index contributed by atoms with van der Waals surface area (Å²) in [6.45, 7) is 16.6.